The number of amides is 1. The van der Waals surface area contributed by atoms with Gasteiger partial charge in [-0.3, -0.25) is 9.69 Å². The molecule has 0 saturated carbocycles. The second kappa shape index (κ2) is 7.58. The summed E-state index contributed by atoms with van der Waals surface area (Å²) >= 11 is 12.5. The van der Waals surface area contributed by atoms with Gasteiger partial charge in [0.05, 0.1) is 16.2 Å². The number of hydrogen-bond acceptors (Lipinski definition) is 4. The van der Waals surface area contributed by atoms with Crippen molar-refractivity contribution >= 4 is 29.1 Å². The Morgan fingerprint density at radius 2 is 1.93 bits per heavy atom. The zero-order valence-corrected chi connectivity index (χ0v) is 17.5. The number of carbonyl (C=O) groups excluding carboxylic acids is 1. The number of halogens is 2. The van der Waals surface area contributed by atoms with Gasteiger partial charge in [0.25, 0.3) is 5.91 Å². The summed E-state index contributed by atoms with van der Waals surface area (Å²) in [6.45, 7) is 8.13. The molecule has 2 aliphatic heterocycles. The van der Waals surface area contributed by atoms with Crippen LogP contribution in [0, 0.1) is 0 Å². The fraction of sp³-hybridized carbons (Fsp3) is 0.500. The summed E-state index contributed by atoms with van der Waals surface area (Å²) in [7, 11) is 0. The van der Waals surface area contributed by atoms with Gasteiger partial charge in [-0.2, -0.15) is 0 Å². The molecule has 6 nitrogen and oxygen atoms in total. The SMILES string of the molecule is CC(C)N1CCN(C(=O)c2cnc3n2C[C@H](c2c(O)ccc(Cl)c2Cl)C3)CC1. The lowest BCUT2D eigenvalue weighted by Crippen LogP contribution is -2.51. The number of aromatic hydroxyl groups is 1. The van der Waals surface area contributed by atoms with E-state index in [1.54, 1.807) is 18.3 Å². The van der Waals surface area contributed by atoms with Crippen LogP contribution in [0.5, 0.6) is 5.75 Å². The van der Waals surface area contributed by atoms with Gasteiger partial charge < -0.3 is 14.6 Å². The minimum atomic E-state index is -0.0563. The Labute approximate surface area is 174 Å². The second-order valence-corrected chi connectivity index (χ2v) is 8.57. The van der Waals surface area contributed by atoms with Crippen molar-refractivity contribution in [3.8, 4) is 5.75 Å². The predicted octanol–water partition coefficient (Wildman–Crippen LogP) is 3.40. The first-order chi connectivity index (χ1) is 13.4. The number of phenols is 1. The van der Waals surface area contributed by atoms with Crippen molar-refractivity contribution in [3.05, 3.63) is 45.5 Å². The lowest BCUT2D eigenvalue weighted by molar-refractivity contribution is 0.0585. The Morgan fingerprint density at radius 1 is 1.21 bits per heavy atom. The van der Waals surface area contributed by atoms with Crippen LogP contribution in [-0.2, 0) is 13.0 Å². The van der Waals surface area contributed by atoms with Gasteiger partial charge in [-0.05, 0) is 26.0 Å². The normalized spacial score (nSPS) is 20.0. The minimum Gasteiger partial charge on any atom is -0.508 e. The number of imidazole rings is 1. The van der Waals surface area contributed by atoms with Gasteiger partial charge in [-0.25, -0.2) is 4.98 Å². The van der Waals surface area contributed by atoms with Crippen molar-refractivity contribution in [1.29, 1.82) is 0 Å². The van der Waals surface area contributed by atoms with E-state index in [2.05, 4.69) is 23.7 Å². The second-order valence-electron chi connectivity index (χ2n) is 7.79. The Morgan fingerprint density at radius 3 is 2.61 bits per heavy atom. The molecular weight excluding hydrogens is 399 g/mol. The number of fused-ring (bicyclic) bond motifs is 1. The van der Waals surface area contributed by atoms with Crippen LogP contribution in [0.2, 0.25) is 10.0 Å². The largest absolute Gasteiger partial charge is 0.508 e. The van der Waals surface area contributed by atoms with Gasteiger partial charge in [0.1, 0.15) is 17.3 Å². The van der Waals surface area contributed by atoms with Crippen LogP contribution in [0.15, 0.2) is 18.3 Å². The summed E-state index contributed by atoms with van der Waals surface area (Å²) in [6, 6.07) is 3.64. The molecular formula is C20H24Cl2N4O2. The molecule has 1 aromatic carbocycles. The van der Waals surface area contributed by atoms with E-state index in [0.717, 1.165) is 32.0 Å². The van der Waals surface area contributed by atoms with Crippen LogP contribution >= 0.6 is 23.2 Å². The van der Waals surface area contributed by atoms with Crippen molar-refractivity contribution in [1.82, 2.24) is 19.4 Å². The molecule has 1 N–H and O–H groups in total. The number of benzene rings is 1. The first-order valence-electron chi connectivity index (χ1n) is 9.61. The maximum Gasteiger partial charge on any atom is 0.272 e. The smallest absolute Gasteiger partial charge is 0.272 e. The average Bonchev–Trinajstić information content (AvgIpc) is 3.25. The van der Waals surface area contributed by atoms with Crippen molar-refractivity contribution in [3.63, 3.8) is 0 Å². The van der Waals surface area contributed by atoms with E-state index in [4.69, 9.17) is 23.2 Å². The van der Waals surface area contributed by atoms with Crippen molar-refractivity contribution in [2.45, 2.75) is 38.8 Å². The maximum atomic E-state index is 13.1. The fourth-order valence-corrected chi connectivity index (χ4v) is 4.68. The summed E-state index contributed by atoms with van der Waals surface area (Å²) in [5.41, 5.74) is 1.23. The van der Waals surface area contributed by atoms with E-state index in [1.165, 1.54) is 0 Å². The Bertz CT molecular complexity index is 904. The van der Waals surface area contributed by atoms with Crippen LogP contribution < -0.4 is 0 Å². The Balaban J connectivity index is 1.52. The van der Waals surface area contributed by atoms with Gasteiger partial charge in [-0.1, -0.05) is 23.2 Å². The van der Waals surface area contributed by atoms with E-state index in [-0.39, 0.29) is 17.6 Å². The zero-order chi connectivity index (χ0) is 20.0. The standard InChI is InChI=1S/C20H24Cl2N4O2/c1-12(2)24-5-7-25(8-6-24)20(28)15-10-23-17-9-13(11-26(15)17)18-16(27)4-3-14(21)19(18)22/h3-4,10,12-13,27H,5-9,11H2,1-2H3/t13-/m1/s1. The van der Waals surface area contributed by atoms with Crippen molar-refractivity contribution in [2.24, 2.45) is 0 Å². The van der Waals surface area contributed by atoms with Crippen molar-refractivity contribution in [2.75, 3.05) is 26.2 Å². The molecule has 2 aliphatic rings. The molecule has 0 aliphatic carbocycles. The molecule has 0 radical (unpaired) electrons. The molecule has 150 valence electrons. The highest BCUT2D eigenvalue weighted by Crippen LogP contribution is 2.42. The minimum absolute atomic E-state index is 0.0178. The molecule has 28 heavy (non-hydrogen) atoms. The number of aromatic nitrogens is 2. The monoisotopic (exact) mass is 422 g/mol. The highest BCUT2D eigenvalue weighted by molar-refractivity contribution is 6.42. The molecule has 8 heteroatoms. The van der Waals surface area contributed by atoms with Crippen LogP contribution in [0.3, 0.4) is 0 Å². The van der Waals surface area contributed by atoms with E-state index >= 15 is 0 Å². The number of piperazine rings is 1. The van der Waals surface area contributed by atoms with E-state index in [1.807, 2.05) is 9.47 Å². The molecule has 4 rings (SSSR count). The van der Waals surface area contributed by atoms with Gasteiger partial charge >= 0.3 is 0 Å². The number of rotatable bonds is 3. The number of phenolic OH excluding ortho intramolecular Hbond substituents is 1. The summed E-state index contributed by atoms with van der Waals surface area (Å²) in [4.78, 5) is 21.8. The molecule has 0 unspecified atom stereocenters. The van der Waals surface area contributed by atoms with Gasteiger partial charge in [0, 0.05) is 56.7 Å². The Hall–Kier alpha value is -1.76. The van der Waals surface area contributed by atoms with Gasteiger partial charge in [0.15, 0.2) is 0 Å². The molecule has 1 fully saturated rings. The van der Waals surface area contributed by atoms with E-state index in [0.29, 0.717) is 40.3 Å². The lowest BCUT2D eigenvalue weighted by Gasteiger charge is -2.36. The third-order valence-corrected chi connectivity index (χ3v) is 6.66. The number of hydrogen-bond donors (Lipinski definition) is 1. The molecule has 0 spiro atoms. The van der Waals surface area contributed by atoms with Gasteiger partial charge in [0.2, 0.25) is 0 Å². The summed E-state index contributed by atoms with van der Waals surface area (Å²) in [5.74, 6) is 0.927. The summed E-state index contributed by atoms with van der Waals surface area (Å²) in [5, 5.41) is 11.1. The average molecular weight is 423 g/mol. The molecule has 1 aromatic heterocycles. The molecule has 1 saturated heterocycles. The topological polar surface area (TPSA) is 61.6 Å². The quantitative estimate of drug-likeness (QED) is 0.822. The summed E-state index contributed by atoms with van der Waals surface area (Å²) in [6.07, 6.45) is 2.28. The highest BCUT2D eigenvalue weighted by atomic mass is 35.5. The van der Waals surface area contributed by atoms with E-state index < -0.39 is 0 Å². The molecule has 2 aromatic rings. The number of carbonyl (C=O) groups is 1. The van der Waals surface area contributed by atoms with Crippen LogP contribution in [-0.4, -0.2) is 62.6 Å². The van der Waals surface area contributed by atoms with Crippen LogP contribution in [0.1, 0.15) is 41.6 Å². The van der Waals surface area contributed by atoms with Gasteiger partial charge in [-0.15, -0.1) is 0 Å². The fourth-order valence-electron chi connectivity index (χ4n) is 4.20. The lowest BCUT2D eigenvalue weighted by atomic mass is 9.96. The zero-order valence-electron chi connectivity index (χ0n) is 16.0. The third kappa shape index (κ3) is 3.38. The third-order valence-electron chi connectivity index (χ3n) is 5.84. The molecule has 3 heterocycles. The molecule has 0 bridgehead atoms. The van der Waals surface area contributed by atoms with Crippen LogP contribution in [0.4, 0.5) is 0 Å². The van der Waals surface area contributed by atoms with Crippen molar-refractivity contribution < 1.29 is 9.90 Å². The summed E-state index contributed by atoms with van der Waals surface area (Å²) < 4.78 is 1.96. The highest BCUT2D eigenvalue weighted by Gasteiger charge is 2.33. The first kappa shape index (κ1) is 19.6. The molecule has 1 amide bonds. The Kier molecular flexibility index (Phi) is 5.29. The van der Waals surface area contributed by atoms with E-state index in [9.17, 15) is 9.90 Å². The first-order valence-corrected chi connectivity index (χ1v) is 10.4. The van der Waals surface area contributed by atoms with Crippen LogP contribution in [0.25, 0.3) is 0 Å². The molecule has 1 atom stereocenters. The predicted molar refractivity (Wildman–Crippen MR) is 109 cm³/mol. The maximum absolute atomic E-state index is 13.1. The number of nitrogens with zero attached hydrogens (tertiary/aromatic N) is 4.